The number of amides is 2. The van der Waals surface area contributed by atoms with Crippen LogP contribution >= 0.6 is 12.4 Å². The van der Waals surface area contributed by atoms with Gasteiger partial charge in [0.1, 0.15) is 6.04 Å². The van der Waals surface area contributed by atoms with E-state index in [1.807, 2.05) is 0 Å². The number of halogens is 1. The highest BCUT2D eigenvalue weighted by Crippen LogP contribution is 1.99. The summed E-state index contributed by atoms with van der Waals surface area (Å²) in [5.41, 5.74) is 0. The van der Waals surface area contributed by atoms with Crippen LogP contribution in [0.4, 0.5) is 0 Å². The summed E-state index contributed by atoms with van der Waals surface area (Å²) in [6, 6.07) is 2.57. The Morgan fingerprint density at radius 1 is 1.39 bits per heavy atom. The van der Waals surface area contributed by atoms with Gasteiger partial charge in [-0.1, -0.05) is 0 Å². The van der Waals surface area contributed by atoms with Gasteiger partial charge >= 0.3 is 0 Å². The minimum atomic E-state index is -0.593. The van der Waals surface area contributed by atoms with Crippen molar-refractivity contribution in [1.29, 1.82) is 0 Å². The molecular formula is C11H18ClN3O3. The Labute approximate surface area is 112 Å². The van der Waals surface area contributed by atoms with E-state index in [9.17, 15) is 9.59 Å². The van der Waals surface area contributed by atoms with Gasteiger partial charge in [0, 0.05) is 13.1 Å². The molecule has 6 nitrogen and oxygen atoms in total. The second-order valence-corrected chi connectivity index (χ2v) is 3.57. The van der Waals surface area contributed by atoms with Crippen LogP contribution in [0.5, 0.6) is 0 Å². The first kappa shape index (κ1) is 16.5. The van der Waals surface area contributed by atoms with Crippen LogP contribution in [-0.4, -0.2) is 38.0 Å². The molecule has 0 fully saturated rings. The number of likely N-dealkylation sites (N-methyl/N-ethyl adjacent to an activating group) is 1. The van der Waals surface area contributed by atoms with E-state index in [1.165, 1.54) is 6.26 Å². The number of carbonyl (C=O) groups excluding carboxylic acids is 2. The van der Waals surface area contributed by atoms with Gasteiger partial charge < -0.3 is 20.4 Å². The molecule has 0 bridgehead atoms. The molecule has 2 amide bonds. The predicted molar refractivity (Wildman–Crippen MR) is 69.8 cm³/mol. The summed E-state index contributed by atoms with van der Waals surface area (Å²) in [5, 5.41) is 8.14. The van der Waals surface area contributed by atoms with Crippen molar-refractivity contribution < 1.29 is 14.0 Å². The quantitative estimate of drug-likeness (QED) is 0.646. The average molecular weight is 276 g/mol. The monoisotopic (exact) mass is 275 g/mol. The van der Waals surface area contributed by atoms with Crippen LogP contribution in [0, 0.1) is 0 Å². The van der Waals surface area contributed by atoms with Crippen LogP contribution in [-0.2, 0) is 4.79 Å². The number of hydrogen-bond acceptors (Lipinski definition) is 4. The van der Waals surface area contributed by atoms with E-state index in [4.69, 9.17) is 4.42 Å². The molecule has 0 spiro atoms. The molecule has 0 aromatic carbocycles. The van der Waals surface area contributed by atoms with E-state index in [2.05, 4.69) is 16.0 Å². The number of nitrogens with one attached hydrogen (secondary N) is 3. The van der Waals surface area contributed by atoms with Gasteiger partial charge in [-0.3, -0.25) is 9.59 Å². The fraction of sp³-hybridized carbons (Fsp3) is 0.455. The molecule has 0 aliphatic rings. The molecule has 18 heavy (non-hydrogen) atoms. The second-order valence-electron chi connectivity index (χ2n) is 3.57. The number of hydrogen-bond donors (Lipinski definition) is 3. The average Bonchev–Trinajstić information content (AvgIpc) is 2.82. The third kappa shape index (κ3) is 5.20. The van der Waals surface area contributed by atoms with Crippen molar-refractivity contribution in [3.05, 3.63) is 24.2 Å². The van der Waals surface area contributed by atoms with Crippen LogP contribution in [0.15, 0.2) is 22.8 Å². The third-order valence-electron chi connectivity index (χ3n) is 2.16. The summed E-state index contributed by atoms with van der Waals surface area (Å²) in [4.78, 5) is 23.1. The van der Waals surface area contributed by atoms with Crippen molar-refractivity contribution >= 4 is 24.2 Å². The Morgan fingerprint density at radius 2 is 2.11 bits per heavy atom. The molecule has 1 atom stereocenters. The molecule has 0 saturated carbocycles. The lowest BCUT2D eigenvalue weighted by molar-refractivity contribution is -0.122. The maximum Gasteiger partial charge on any atom is 0.287 e. The van der Waals surface area contributed by atoms with E-state index in [0.29, 0.717) is 13.1 Å². The maximum absolute atomic E-state index is 11.6. The summed E-state index contributed by atoms with van der Waals surface area (Å²) in [6.45, 7) is 2.83. The maximum atomic E-state index is 11.6. The van der Waals surface area contributed by atoms with E-state index < -0.39 is 11.9 Å². The molecule has 0 aliphatic carbocycles. The third-order valence-corrected chi connectivity index (χ3v) is 2.16. The summed E-state index contributed by atoms with van der Waals surface area (Å²) in [6.07, 6.45) is 1.41. The summed E-state index contributed by atoms with van der Waals surface area (Å²) < 4.78 is 4.92. The minimum absolute atomic E-state index is 0. The van der Waals surface area contributed by atoms with E-state index in [1.54, 1.807) is 26.1 Å². The molecule has 1 unspecified atom stereocenters. The lowest BCUT2D eigenvalue weighted by Crippen LogP contribution is -2.46. The highest BCUT2D eigenvalue weighted by Gasteiger charge is 2.17. The van der Waals surface area contributed by atoms with Crippen LogP contribution in [0.1, 0.15) is 17.5 Å². The molecule has 7 heteroatoms. The van der Waals surface area contributed by atoms with Crippen molar-refractivity contribution in [1.82, 2.24) is 16.0 Å². The van der Waals surface area contributed by atoms with Crippen molar-refractivity contribution in [2.45, 2.75) is 13.0 Å². The first-order valence-electron chi connectivity index (χ1n) is 5.42. The first-order valence-corrected chi connectivity index (χ1v) is 5.42. The van der Waals surface area contributed by atoms with E-state index >= 15 is 0 Å². The Hall–Kier alpha value is -1.53. The van der Waals surface area contributed by atoms with E-state index in [-0.39, 0.29) is 24.1 Å². The molecule has 0 saturated heterocycles. The number of carbonyl (C=O) groups is 2. The Kier molecular flexibility index (Phi) is 7.82. The second kappa shape index (κ2) is 8.54. The summed E-state index contributed by atoms with van der Waals surface area (Å²) in [5.74, 6) is -0.425. The first-order chi connectivity index (χ1) is 8.15. The summed E-state index contributed by atoms with van der Waals surface area (Å²) in [7, 11) is 1.80. The zero-order chi connectivity index (χ0) is 12.7. The zero-order valence-electron chi connectivity index (χ0n) is 10.4. The zero-order valence-corrected chi connectivity index (χ0v) is 11.2. The lowest BCUT2D eigenvalue weighted by Gasteiger charge is -2.13. The van der Waals surface area contributed by atoms with Gasteiger partial charge in [0.05, 0.1) is 6.26 Å². The van der Waals surface area contributed by atoms with Crippen LogP contribution < -0.4 is 16.0 Å². The normalized spacial score (nSPS) is 11.2. The molecule has 0 radical (unpaired) electrons. The van der Waals surface area contributed by atoms with Crippen LogP contribution in [0.2, 0.25) is 0 Å². The number of rotatable bonds is 6. The van der Waals surface area contributed by atoms with Gasteiger partial charge in [0.25, 0.3) is 5.91 Å². The molecule has 1 heterocycles. The van der Waals surface area contributed by atoms with Gasteiger partial charge in [0.15, 0.2) is 5.76 Å². The fourth-order valence-electron chi connectivity index (χ4n) is 1.20. The number of furan rings is 1. The van der Waals surface area contributed by atoms with Crippen molar-refractivity contribution in [2.75, 3.05) is 20.1 Å². The molecule has 0 aliphatic heterocycles. The largest absolute Gasteiger partial charge is 0.459 e. The van der Waals surface area contributed by atoms with Crippen molar-refractivity contribution in [3.8, 4) is 0 Å². The fourth-order valence-corrected chi connectivity index (χ4v) is 1.20. The highest BCUT2D eigenvalue weighted by molar-refractivity contribution is 5.95. The molecule has 1 aromatic heterocycles. The van der Waals surface area contributed by atoms with Gasteiger partial charge in [-0.05, 0) is 26.1 Å². The summed E-state index contributed by atoms with van der Waals surface area (Å²) >= 11 is 0. The molecule has 102 valence electrons. The molecule has 3 N–H and O–H groups in total. The molecular weight excluding hydrogens is 258 g/mol. The van der Waals surface area contributed by atoms with Crippen LogP contribution in [0.25, 0.3) is 0 Å². The smallest absolute Gasteiger partial charge is 0.287 e. The van der Waals surface area contributed by atoms with Gasteiger partial charge in [-0.2, -0.15) is 0 Å². The van der Waals surface area contributed by atoms with Crippen molar-refractivity contribution in [2.24, 2.45) is 0 Å². The Balaban J connectivity index is 0.00000289. The standard InChI is InChI=1S/C11H17N3O3.ClH/c1-8(10(15)13-6-5-12-2)14-11(16)9-4-3-7-17-9;/h3-4,7-8,12H,5-6H2,1-2H3,(H,13,15)(H,14,16);1H. The topological polar surface area (TPSA) is 83.4 Å². The predicted octanol–water partition coefficient (Wildman–Crippen LogP) is 0.155. The minimum Gasteiger partial charge on any atom is -0.459 e. The highest BCUT2D eigenvalue weighted by atomic mass is 35.5. The van der Waals surface area contributed by atoms with Gasteiger partial charge in [-0.25, -0.2) is 0 Å². The molecule has 1 rings (SSSR count). The van der Waals surface area contributed by atoms with Crippen molar-refractivity contribution in [3.63, 3.8) is 0 Å². The van der Waals surface area contributed by atoms with E-state index in [0.717, 1.165) is 0 Å². The Bertz CT molecular complexity index is 368. The SMILES string of the molecule is CNCCNC(=O)C(C)NC(=O)c1ccco1.Cl. The van der Waals surface area contributed by atoms with Gasteiger partial charge in [0.2, 0.25) is 5.91 Å². The molecule has 1 aromatic rings. The van der Waals surface area contributed by atoms with Crippen LogP contribution in [0.3, 0.4) is 0 Å². The Morgan fingerprint density at radius 3 is 2.67 bits per heavy atom. The lowest BCUT2D eigenvalue weighted by atomic mass is 10.3. The van der Waals surface area contributed by atoms with Gasteiger partial charge in [-0.15, -0.1) is 12.4 Å².